The summed E-state index contributed by atoms with van der Waals surface area (Å²) in [5.41, 5.74) is 2.96. The molecule has 0 spiro atoms. The number of amides is 1. The smallest absolute Gasteiger partial charge is 0.226 e. The molecule has 2 aromatic rings. The highest BCUT2D eigenvalue weighted by Crippen LogP contribution is 2.32. The quantitative estimate of drug-likeness (QED) is 0.834. The van der Waals surface area contributed by atoms with E-state index in [2.05, 4.69) is 24.5 Å². The third-order valence-corrected chi connectivity index (χ3v) is 4.08. The Hall–Kier alpha value is -2.69. The lowest BCUT2D eigenvalue weighted by Crippen LogP contribution is -2.18. The summed E-state index contributed by atoms with van der Waals surface area (Å²) < 4.78 is 11.1. The van der Waals surface area contributed by atoms with Crippen molar-refractivity contribution >= 4 is 17.3 Å². The summed E-state index contributed by atoms with van der Waals surface area (Å²) in [6, 6.07) is 13.6. The van der Waals surface area contributed by atoms with Crippen molar-refractivity contribution < 1.29 is 14.3 Å². The van der Waals surface area contributed by atoms with Crippen molar-refractivity contribution in [3.63, 3.8) is 0 Å². The highest BCUT2D eigenvalue weighted by Gasteiger charge is 2.12. The highest BCUT2D eigenvalue weighted by molar-refractivity contribution is 5.91. The largest absolute Gasteiger partial charge is 0.486 e. The van der Waals surface area contributed by atoms with Gasteiger partial charge in [-0.1, -0.05) is 32.0 Å². The molecule has 1 aliphatic rings. The van der Waals surface area contributed by atoms with Gasteiger partial charge in [0.05, 0.1) is 0 Å². The van der Waals surface area contributed by atoms with Crippen molar-refractivity contribution in [1.82, 2.24) is 0 Å². The topological polar surface area (TPSA) is 59.6 Å². The molecule has 132 valence electrons. The van der Waals surface area contributed by atoms with Crippen molar-refractivity contribution in [3.05, 3.63) is 48.0 Å². The molecule has 0 unspecified atom stereocenters. The average molecular weight is 340 g/mol. The maximum absolute atomic E-state index is 12.2. The van der Waals surface area contributed by atoms with Crippen LogP contribution < -0.4 is 20.1 Å². The zero-order valence-corrected chi connectivity index (χ0v) is 14.7. The fraction of sp³-hybridized carbons (Fsp3) is 0.350. The van der Waals surface area contributed by atoms with E-state index in [-0.39, 0.29) is 5.91 Å². The first kappa shape index (κ1) is 17.1. The van der Waals surface area contributed by atoms with E-state index in [0.29, 0.717) is 32.1 Å². The minimum atomic E-state index is -0.00172. The van der Waals surface area contributed by atoms with Crippen LogP contribution >= 0.6 is 0 Å². The van der Waals surface area contributed by atoms with Gasteiger partial charge in [0.25, 0.3) is 0 Å². The van der Waals surface area contributed by atoms with Gasteiger partial charge < -0.3 is 20.1 Å². The summed E-state index contributed by atoms with van der Waals surface area (Å²) in [6.45, 7) is 5.93. The molecule has 0 atom stereocenters. The van der Waals surface area contributed by atoms with Crippen LogP contribution in [0.4, 0.5) is 11.4 Å². The Labute approximate surface area is 148 Å². The number of benzene rings is 2. The van der Waals surface area contributed by atoms with Crippen molar-refractivity contribution in [2.24, 2.45) is 0 Å². The number of nitrogens with one attached hydrogen (secondary N) is 2. The Balaban J connectivity index is 1.51. The number of rotatable bonds is 6. The zero-order valence-electron chi connectivity index (χ0n) is 14.7. The van der Waals surface area contributed by atoms with Crippen molar-refractivity contribution in [2.75, 3.05) is 30.4 Å². The lowest BCUT2D eigenvalue weighted by molar-refractivity contribution is -0.115. The molecule has 2 N–H and O–H groups in total. The molecule has 0 bridgehead atoms. The van der Waals surface area contributed by atoms with Crippen LogP contribution in [0.2, 0.25) is 0 Å². The van der Waals surface area contributed by atoms with Gasteiger partial charge in [-0.05, 0) is 29.7 Å². The third kappa shape index (κ3) is 4.44. The normalized spacial score (nSPS) is 12.8. The molecule has 5 nitrogen and oxygen atoms in total. The zero-order chi connectivity index (χ0) is 17.6. The van der Waals surface area contributed by atoms with Crippen LogP contribution in [0.5, 0.6) is 11.5 Å². The molecule has 0 radical (unpaired) electrons. The monoisotopic (exact) mass is 340 g/mol. The van der Waals surface area contributed by atoms with Gasteiger partial charge in [-0.15, -0.1) is 0 Å². The molecule has 0 aromatic heterocycles. The molecule has 0 saturated carbocycles. The Kier molecular flexibility index (Phi) is 5.43. The van der Waals surface area contributed by atoms with Crippen LogP contribution in [-0.2, 0) is 4.79 Å². The summed E-state index contributed by atoms with van der Waals surface area (Å²) in [5.74, 6) is 1.87. The summed E-state index contributed by atoms with van der Waals surface area (Å²) >= 11 is 0. The van der Waals surface area contributed by atoms with Gasteiger partial charge in [-0.3, -0.25) is 4.79 Å². The van der Waals surface area contributed by atoms with Gasteiger partial charge in [0.2, 0.25) is 5.91 Å². The number of hydrogen-bond donors (Lipinski definition) is 2. The average Bonchev–Trinajstić information content (AvgIpc) is 2.62. The molecule has 0 saturated heterocycles. The number of carbonyl (C=O) groups excluding carboxylic acids is 1. The Morgan fingerprint density at radius 1 is 1.08 bits per heavy atom. The number of carbonyl (C=O) groups is 1. The summed E-state index contributed by atoms with van der Waals surface area (Å²) in [5, 5.41) is 6.26. The molecule has 25 heavy (non-hydrogen) atoms. The molecule has 1 heterocycles. The minimum absolute atomic E-state index is 0.00172. The molecular formula is C20H24N2O3. The Morgan fingerprint density at radius 2 is 1.84 bits per heavy atom. The molecule has 5 heteroatoms. The van der Waals surface area contributed by atoms with Crippen LogP contribution in [0.1, 0.15) is 31.7 Å². The van der Waals surface area contributed by atoms with Crippen molar-refractivity contribution in [1.29, 1.82) is 0 Å². The van der Waals surface area contributed by atoms with Crippen LogP contribution in [-0.4, -0.2) is 25.7 Å². The van der Waals surface area contributed by atoms with E-state index >= 15 is 0 Å². The van der Waals surface area contributed by atoms with Crippen LogP contribution in [0.25, 0.3) is 0 Å². The van der Waals surface area contributed by atoms with Crippen LogP contribution in [0, 0.1) is 0 Å². The van der Waals surface area contributed by atoms with E-state index in [1.54, 1.807) is 0 Å². The summed E-state index contributed by atoms with van der Waals surface area (Å²) in [6.07, 6.45) is 0.390. The number of hydrogen-bond acceptors (Lipinski definition) is 4. The van der Waals surface area contributed by atoms with E-state index in [9.17, 15) is 4.79 Å². The van der Waals surface area contributed by atoms with Gasteiger partial charge in [-0.2, -0.15) is 0 Å². The van der Waals surface area contributed by atoms with Crippen molar-refractivity contribution in [3.8, 4) is 11.5 Å². The molecule has 3 rings (SSSR count). The van der Waals surface area contributed by atoms with E-state index in [1.165, 1.54) is 0 Å². The second-order valence-corrected chi connectivity index (χ2v) is 6.33. The Morgan fingerprint density at radius 3 is 2.64 bits per heavy atom. The van der Waals surface area contributed by atoms with Gasteiger partial charge in [0.15, 0.2) is 11.5 Å². The van der Waals surface area contributed by atoms with Gasteiger partial charge in [0, 0.05) is 30.4 Å². The lowest BCUT2D eigenvalue weighted by Gasteiger charge is -2.19. The molecule has 2 aromatic carbocycles. The van der Waals surface area contributed by atoms with Crippen molar-refractivity contribution in [2.45, 2.75) is 26.2 Å². The maximum atomic E-state index is 12.2. The Bertz CT molecular complexity index is 743. The molecule has 0 fully saturated rings. The van der Waals surface area contributed by atoms with E-state index in [1.807, 2.05) is 42.5 Å². The number of anilines is 2. The lowest BCUT2D eigenvalue weighted by atomic mass is 10.0. The van der Waals surface area contributed by atoms with E-state index < -0.39 is 0 Å². The standard InChI is InChI=1S/C20H24N2O3/c1-14(2)16-5-3-4-6-17(16)22-20(23)9-10-21-15-7-8-18-19(13-15)25-12-11-24-18/h3-8,13-14,21H,9-12H2,1-2H3,(H,22,23). The van der Waals surface area contributed by atoms with Gasteiger partial charge >= 0.3 is 0 Å². The van der Waals surface area contributed by atoms with Crippen LogP contribution in [0.3, 0.4) is 0 Å². The fourth-order valence-electron chi connectivity index (χ4n) is 2.80. The SMILES string of the molecule is CC(C)c1ccccc1NC(=O)CCNc1ccc2c(c1)OCCO2. The number of fused-ring (bicyclic) bond motifs is 1. The van der Waals surface area contributed by atoms with Gasteiger partial charge in [0.1, 0.15) is 13.2 Å². The van der Waals surface area contributed by atoms with E-state index in [0.717, 1.165) is 28.4 Å². The molecule has 0 aliphatic carbocycles. The minimum Gasteiger partial charge on any atom is -0.486 e. The summed E-state index contributed by atoms with van der Waals surface area (Å²) in [7, 11) is 0. The van der Waals surface area contributed by atoms with E-state index in [4.69, 9.17) is 9.47 Å². The first-order chi connectivity index (χ1) is 12.1. The highest BCUT2D eigenvalue weighted by atomic mass is 16.6. The predicted octanol–water partition coefficient (Wildman–Crippen LogP) is 4.02. The third-order valence-electron chi connectivity index (χ3n) is 4.08. The van der Waals surface area contributed by atoms with Gasteiger partial charge in [-0.25, -0.2) is 0 Å². The number of ether oxygens (including phenoxy) is 2. The second kappa shape index (κ2) is 7.92. The fourth-order valence-corrected chi connectivity index (χ4v) is 2.80. The number of para-hydroxylation sites is 1. The maximum Gasteiger partial charge on any atom is 0.226 e. The second-order valence-electron chi connectivity index (χ2n) is 6.33. The first-order valence-electron chi connectivity index (χ1n) is 8.66. The van der Waals surface area contributed by atoms with Crippen LogP contribution in [0.15, 0.2) is 42.5 Å². The predicted molar refractivity (Wildman–Crippen MR) is 99.7 cm³/mol. The summed E-state index contributed by atoms with van der Waals surface area (Å²) in [4.78, 5) is 12.2. The molecule has 1 amide bonds. The molecular weight excluding hydrogens is 316 g/mol. The molecule has 1 aliphatic heterocycles. The first-order valence-corrected chi connectivity index (χ1v) is 8.66.